The van der Waals surface area contributed by atoms with Crippen molar-refractivity contribution < 1.29 is 4.74 Å². The summed E-state index contributed by atoms with van der Waals surface area (Å²) in [5.41, 5.74) is 9.71. The van der Waals surface area contributed by atoms with Gasteiger partial charge in [-0.1, -0.05) is 18.2 Å². The zero-order chi connectivity index (χ0) is 13.9. The second kappa shape index (κ2) is 5.90. The highest BCUT2D eigenvalue weighted by Gasteiger charge is 2.19. The van der Waals surface area contributed by atoms with Crippen LogP contribution in [0.4, 0.5) is 0 Å². The minimum Gasteiger partial charge on any atom is -0.381 e. The molecule has 1 aliphatic rings. The molecule has 0 aliphatic carbocycles. The number of benzene rings is 1. The Balaban J connectivity index is 1.81. The minimum atomic E-state index is 0.0291. The van der Waals surface area contributed by atoms with E-state index in [9.17, 15) is 0 Å². The molecule has 0 saturated carbocycles. The third-order valence-corrected chi connectivity index (χ3v) is 4.25. The summed E-state index contributed by atoms with van der Waals surface area (Å²) in [6.07, 6.45) is 3.26. The molecule has 20 heavy (non-hydrogen) atoms. The Kier molecular flexibility index (Phi) is 3.99. The minimum absolute atomic E-state index is 0.0291. The van der Waals surface area contributed by atoms with E-state index in [1.54, 1.807) is 0 Å². The molecule has 2 heterocycles. The Morgan fingerprint density at radius 3 is 2.85 bits per heavy atom. The van der Waals surface area contributed by atoms with E-state index in [-0.39, 0.29) is 6.04 Å². The molecule has 1 aliphatic heterocycles. The van der Waals surface area contributed by atoms with Gasteiger partial charge in [0.15, 0.2) is 0 Å². The first-order chi connectivity index (χ1) is 9.74. The lowest BCUT2D eigenvalue weighted by Crippen LogP contribution is -2.22. The zero-order valence-corrected chi connectivity index (χ0v) is 12.0. The van der Waals surface area contributed by atoms with Crippen molar-refractivity contribution in [3.63, 3.8) is 0 Å². The van der Waals surface area contributed by atoms with Gasteiger partial charge in [-0.05, 0) is 49.8 Å². The summed E-state index contributed by atoms with van der Waals surface area (Å²) in [6, 6.07) is 10.4. The van der Waals surface area contributed by atoms with Crippen LogP contribution in [0.25, 0.3) is 10.9 Å². The van der Waals surface area contributed by atoms with Crippen LogP contribution in [0.3, 0.4) is 0 Å². The topological polar surface area (TPSA) is 48.1 Å². The third-order valence-electron chi connectivity index (χ3n) is 4.25. The summed E-state index contributed by atoms with van der Waals surface area (Å²) < 4.78 is 5.41. The fraction of sp³-hybridized carbons (Fsp3) is 0.471. The highest BCUT2D eigenvalue weighted by molar-refractivity contribution is 5.82. The first-order valence-electron chi connectivity index (χ1n) is 7.43. The first-order valence-corrected chi connectivity index (χ1v) is 7.43. The van der Waals surface area contributed by atoms with Crippen molar-refractivity contribution in [2.24, 2.45) is 11.7 Å². The number of aryl methyl sites for hydroxylation is 1. The van der Waals surface area contributed by atoms with Gasteiger partial charge >= 0.3 is 0 Å². The molecule has 0 bridgehead atoms. The van der Waals surface area contributed by atoms with Crippen LogP contribution in [0.2, 0.25) is 0 Å². The van der Waals surface area contributed by atoms with Crippen molar-refractivity contribution >= 4 is 10.9 Å². The summed E-state index contributed by atoms with van der Waals surface area (Å²) in [5.74, 6) is 0.673. The monoisotopic (exact) mass is 270 g/mol. The van der Waals surface area contributed by atoms with Crippen molar-refractivity contribution in [1.29, 1.82) is 0 Å². The summed E-state index contributed by atoms with van der Waals surface area (Å²) in [6.45, 7) is 3.89. The van der Waals surface area contributed by atoms with Crippen LogP contribution >= 0.6 is 0 Å². The lowest BCUT2D eigenvalue weighted by atomic mass is 9.91. The lowest BCUT2D eigenvalue weighted by molar-refractivity contribution is 0.0617. The number of hydrogen-bond donors (Lipinski definition) is 1. The summed E-state index contributed by atoms with van der Waals surface area (Å²) >= 11 is 0. The molecule has 3 nitrogen and oxygen atoms in total. The Hall–Kier alpha value is -1.45. The van der Waals surface area contributed by atoms with Crippen LogP contribution in [0.1, 0.15) is 36.6 Å². The first kappa shape index (κ1) is 13.5. The number of aromatic nitrogens is 1. The molecular weight excluding hydrogens is 248 g/mol. The van der Waals surface area contributed by atoms with Crippen molar-refractivity contribution in [3.05, 3.63) is 41.6 Å². The number of nitrogens with two attached hydrogens (primary N) is 1. The van der Waals surface area contributed by atoms with Crippen LogP contribution in [0.5, 0.6) is 0 Å². The van der Waals surface area contributed by atoms with Crippen LogP contribution in [-0.2, 0) is 4.74 Å². The van der Waals surface area contributed by atoms with Gasteiger partial charge in [0.05, 0.1) is 11.2 Å². The van der Waals surface area contributed by atoms with Gasteiger partial charge < -0.3 is 10.5 Å². The van der Waals surface area contributed by atoms with Gasteiger partial charge in [0.1, 0.15) is 0 Å². The van der Waals surface area contributed by atoms with E-state index in [1.807, 2.05) is 6.07 Å². The average Bonchev–Trinajstić information content (AvgIpc) is 2.48. The van der Waals surface area contributed by atoms with Gasteiger partial charge in [-0.25, -0.2) is 0 Å². The Labute approximate surface area is 120 Å². The molecule has 2 N–H and O–H groups in total. The number of fused-ring (bicyclic) bond motifs is 1. The molecule has 3 heteroatoms. The number of nitrogens with zero attached hydrogens (tertiary/aromatic N) is 1. The van der Waals surface area contributed by atoms with E-state index in [0.29, 0.717) is 5.92 Å². The molecule has 0 spiro atoms. The summed E-state index contributed by atoms with van der Waals surface area (Å²) in [7, 11) is 0. The normalized spacial score (nSPS) is 18.3. The molecule has 1 unspecified atom stereocenters. The third kappa shape index (κ3) is 2.84. The molecule has 1 saturated heterocycles. The quantitative estimate of drug-likeness (QED) is 0.930. The number of pyridine rings is 1. The maximum absolute atomic E-state index is 6.38. The highest BCUT2D eigenvalue weighted by atomic mass is 16.5. The van der Waals surface area contributed by atoms with Gasteiger partial charge in [-0.3, -0.25) is 4.98 Å². The average molecular weight is 270 g/mol. The summed E-state index contributed by atoms with van der Waals surface area (Å²) in [5, 5.41) is 1.22. The smallest absolute Gasteiger partial charge is 0.0708 e. The van der Waals surface area contributed by atoms with Gasteiger partial charge in [-0.2, -0.15) is 0 Å². The predicted molar refractivity (Wildman–Crippen MR) is 81.6 cm³/mol. The molecule has 1 fully saturated rings. The molecule has 2 aromatic rings. The van der Waals surface area contributed by atoms with E-state index in [2.05, 4.69) is 31.2 Å². The maximum Gasteiger partial charge on any atom is 0.0708 e. The van der Waals surface area contributed by atoms with Crippen molar-refractivity contribution in [2.75, 3.05) is 13.2 Å². The standard InChI is InChI=1S/C17H22N2O/c1-12-10-17(19-16-5-3-2-4-14(12)16)15(18)11-13-6-8-20-9-7-13/h2-5,10,13,15H,6-9,11,18H2,1H3. The van der Waals surface area contributed by atoms with Crippen LogP contribution in [0.15, 0.2) is 30.3 Å². The van der Waals surface area contributed by atoms with Gasteiger partial charge in [-0.15, -0.1) is 0 Å². The van der Waals surface area contributed by atoms with E-state index in [0.717, 1.165) is 43.7 Å². The Bertz CT molecular complexity index is 591. The second-order valence-electron chi connectivity index (χ2n) is 5.78. The predicted octanol–water partition coefficient (Wildman–Crippen LogP) is 3.36. The van der Waals surface area contributed by atoms with Crippen molar-refractivity contribution in [1.82, 2.24) is 4.98 Å². The molecule has 1 aromatic heterocycles. The van der Waals surface area contributed by atoms with E-state index in [4.69, 9.17) is 15.5 Å². The second-order valence-corrected chi connectivity index (χ2v) is 5.78. The maximum atomic E-state index is 6.38. The van der Waals surface area contributed by atoms with Gasteiger partial charge in [0.2, 0.25) is 0 Å². The molecular formula is C17H22N2O. The van der Waals surface area contributed by atoms with Crippen LogP contribution < -0.4 is 5.73 Å². The Morgan fingerprint density at radius 2 is 2.05 bits per heavy atom. The SMILES string of the molecule is Cc1cc(C(N)CC2CCOCC2)nc2ccccc12. The number of para-hydroxylation sites is 1. The Morgan fingerprint density at radius 1 is 1.30 bits per heavy atom. The lowest BCUT2D eigenvalue weighted by Gasteiger charge is -2.24. The zero-order valence-electron chi connectivity index (χ0n) is 12.0. The number of hydrogen-bond acceptors (Lipinski definition) is 3. The van der Waals surface area contributed by atoms with Crippen molar-refractivity contribution in [3.8, 4) is 0 Å². The van der Waals surface area contributed by atoms with E-state index < -0.39 is 0 Å². The van der Waals surface area contributed by atoms with Crippen LogP contribution in [0, 0.1) is 12.8 Å². The molecule has 1 atom stereocenters. The van der Waals surface area contributed by atoms with Crippen LogP contribution in [-0.4, -0.2) is 18.2 Å². The highest BCUT2D eigenvalue weighted by Crippen LogP contribution is 2.27. The molecule has 3 rings (SSSR count). The van der Waals surface area contributed by atoms with E-state index >= 15 is 0 Å². The molecule has 1 aromatic carbocycles. The number of ether oxygens (including phenoxy) is 1. The number of rotatable bonds is 3. The largest absolute Gasteiger partial charge is 0.381 e. The van der Waals surface area contributed by atoms with Gasteiger partial charge in [0.25, 0.3) is 0 Å². The fourth-order valence-corrected chi connectivity index (χ4v) is 3.03. The summed E-state index contributed by atoms with van der Waals surface area (Å²) in [4.78, 5) is 4.75. The van der Waals surface area contributed by atoms with Crippen molar-refractivity contribution in [2.45, 2.75) is 32.2 Å². The fourth-order valence-electron chi connectivity index (χ4n) is 3.03. The molecule has 0 amide bonds. The van der Waals surface area contributed by atoms with E-state index in [1.165, 1.54) is 10.9 Å². The van der Waals surface area contributed by atoms with Gasteiger partial charge in [0, 0.05) is 24.6 Å². The molecule has 106 valence electrons. The molecule has 0 radical (unpaired) electrons.